The smallest absolute Gasteiger partial charge is 0.116 e. The summed E-state index contributed by atoms with van der Waals surface area (Å²) in [7, 11) is 0. The van der Waals surface area contributed by atoms with Gasteiger partial charge in [-0.15, -0.1) is 11.3 Å². The van der Waals surface area contributed by atoms with E-state index in [1.807, 2.05) is 18.5 Å². The summed E-state index contributed by atoms with van der Waals surface area (Å²) in [6.07, 6.45) is 14.1. The monoisotopic (exact) mass is 531 g/mol. The van der Waals surface area contributed by atoms with Gasteiger partial charge in [-0.2, -0.15) is 5.10 Å². The molecule has 5 nitrogen and oxygen atoms in total. The number of aromatic amines is 2. The lowest BCUT2D eigenvalue weighted by Gasteiger charge is -2.24. The van der Waals surface area contributed by atoms with E-state index in [2.05, 4.69) is 94.4 Å². The quantitative estimate of drug-likeness (QED) is 0.175. The molecule has 4 aromatic heterocycles. The summed E-state index contributed by atoms with van der Waals surface area (Å²) in [6, 6.07) is 15.0. The summed E-state index contributed by atoms with van der Waals surface area (Å²) >= 11 is 1.73. The van der Waals surface area contributed by atoms with Gasteiger partial charge in [-0.25, -0.2) is 0 Å². The molecule has 3 N–H and O–H groups in total. The topological polar surface area (TPSA) is 69.4 Å². The van der Waals surface area contributed by atoms with E-state index >= 15 is 0 Å². The van der Waals surface area contributed by atoms with Crippen LogP contribution < -0.4 is 5.32 Å². The van der Waals surface area contributed by atoms with Crippen molar-refractivity contribution in [2.75, 3.05) is 5.32 Å². The Balaban J connectivity index is 1.32. The van der Waals surface area contributed by atoms with Crippen LogP contribution in [0.3, 0.4) is 0 Å². The Kier molecular flexibility index (Phi) is 7.03. The Bertz CT molecular complexity index is 1660. The largest absolute Gasteiger partial charge is 0.358 e. The molecular weight excluding hydrogens is 498 g/mol. The van der Waals surface area contributed by atoms with Crippen molar-refractivity contribution in [3.63, 3.8) is 0 Å². The van der Waals surface area contributed by atoms with Crippen molar-refractivity contribution in [1.29, 1.82) is 0 Å². The summed E-state index contributed by atoms with van der Waals surface area (Å²) in [4.78, 5) is 9.33. The molecule has 0 unspecified atom stereocenters. The van der Waals surface area contributed by atoms with Crippen molar-refractivity contribution in [2.45, 2.75) is 39.0 Å². The van der Waals surface area contributed by atoms with Gasteiger partial charge in [0.25, 0.3) is 0 Å². The summed E-state index contributed by atoms with van der Waals surface area (Å²) in [5, 5.41) is 14.6. The summed E-state index contributed by atoms with van der Waals surface area (Å²) < 4.78 is 0. The Morgan fingerprint density at radius 2 is 1.95 bits per heavy atom. The molecule has 0 saturated heterocycles. The van der Waals surface area contributed by atoms with Crippen molar-refractivity contribution in [3.05, 3.63) is 107 Å². The van der Waals surface area contributed by atoms with Gasteiger partial charge >= 0.3 is 0 Å². The zero-order valence-corrected chi connectivity index (χ0v) is 23.1. The minimum atomic E-state index is 0.544. The van der Waals surface area contributed by atoms with Crippen LogP contribution in [0.1, 0.15) is 48.2 Å². The molecule has 196 valence electrons. The van der Waals surface area contributed by atoms with Gasteiger partial charge in [-0.3, -0.25) is 10.1 Å². The summed E-state index contributed by atoms with van der Waals surface area (Å²) in [5.74, 6) is 0.544. The molecule has 1 aliphatic rings. The van der Waals surface area contributed by atoms with Crippen molar-refractivity contribution < 1.29 is 0 Å². The average molecular weight is 532 g/mol. The number of aromatic nitrogens is 4. The molecule has 0 atom stereocenters. The van der Waals surface area contributed by atoms with E-state index in [1.165, 1.54) is 37.0 Å². The normalized spacial score (nSPS) is 14.5. The first-order valence-electron chi connectivity index (χ1n) is 13.6. The molecule has 0 radical (unpaired) electrons. The van der Waals surface area contributed by atoms with Crippen LogP contribution in [0.15, 0.2) is 91.2 Å². The Hall–Kier alpha value is -4.16. The number of allylic oxidation sites excluding steroid dienone is 3. The number of benzene rings is 1. The minimum Gasteiger partial charge on any atom is -0.358 e. The van der Waals surface area contributed by atoms with E-state index in [0.29, 0.717) is 5.92 Å². The number of fused-ring (bicyclic) bond motifs is 1. The number of thiophene rings is 1. The van der Waals surface area contributed by atoms with Gasteiger partial charge in [-0.1, -0.05) is 56.7 Å². The van der Waals surface area contributed by atoms with Gasteiger partial charge in [0.05, 0.1) is 23.1 Å². The van der Waals surface area contributed by atoms with Gasteiger partial charge < -0.3 is 10.3 Å². The highest BCUT2D eigenvalue weighted by Gasteiger charge is 2.18. The zero-order chi connectivity index (χ0) is 26.8. The van der Waals surface area contributed by atoms with Crippen LogP contribution >= 0.6 is 11.3 Å². The lowest BCUT2D eigenvalue weighted by Crippen LogP contribution is -2.14. The molecule has 4 heterocycles. The summed E-state index contributed by atoms with van der Waals surface area (Å²) in [6.45, 7) is 10.4. The highest BCUT2D eigenvalue weighted by atomic mass is 32.1. The van der Waals surface area contributed by atoms with Gasteiger partial charge in [0.1, 0.15) is 5.69 Å². The fourth-order valence-corrected chi connectivity index (χ4v) is 6.39. The Labute approximate surface area is 233 Å². The predicted octanol–water partition coefficient (Wildman–Crippen LogP) is 9.11. The van der Waals surface area contributed by atoms with E-state index < -0.39 is 0 Å². The molecule has 0 bridgehead atoms. The minimum absolute atomic E-state index is 0.544. The molecule has 1 fully saturated rings. The van der Waals surface area contributed by atoms with E-state index in [0.717, 1.165) is 61.6 Å². The SMILES string of the molecule is C=C/C=C(/c1cccs1)c1cc(-c2n[nH]c3ccc(-c4cncc(NC(=C)C5CCCCC5)c4)cc23)[nH]c1C. The molecule has 39 heavy (non-hydrogen) atoms. The van der Waals surface area contributed by atoms with Crippen LogP contribution in [-0.2, 0) is 0 Å². The number of H-pyrrole nitrogens is 2. The Morgan fingerprint density at radius 3 is 2.74 bits per heavy atom. The number of nitrogens with one attached hydrogen (secondary N) is 3. The maximum atomic E-state index is 4.70. The summed E-state index contributed by atoms with van der Waals surface area (Å²) in [5.41, 5.74) is 10.5. The van der Waals surface area contributed by atoms with Crippen molar-refractivity contribution >= 4 is 33.5 Å². The first-order chi connectivity index (χ1) is 19.1. The second kappa shape index (κ2) is 10.9. The van der Waals surface area contributed by atoms with E-state index in [9.17, 15) is 0 Å². The molecule has 1 aliphatic carbocycles. The van der Waals surface area contributed by atoms with Crippen LogP contribution in [0.4, 0.5) is 5.69 Å². The van der Waals surface area contributed by atoms with E-state index in [1.54, 1.807) is 11.3 Å². The highest BCUT2D eigenvalue weighted by Crippen LogP contribution is 2.36. The van der Waals surface area contributed by atoms with Crippen LogP contribution in [0.25, 0.3) is 39.0 Å². The maximum absolute atomic E-state index is 4.70. The van der Waals surface area contributed by atoms with Crippen molar-refractivity contribution in [1.82, 2.24) is 20.2 Å². The number of rotatable bonds is 8. The molecule has 0 amide bonds. The van der Waals surface area contributed by atoms with E-state index in [-0.39, 0.29) is 0 Å². The fourth-order valence-electron chi connectivity index (χ4n) is 5.62. The molecule has 1 saturated carbocycles. The number of aryl methyl sites for hydroxylation is 1. The lowest BCUT2D eigenvalue weighted by molar-refractivity contribution is 0.405. The second-order valence-electron chi connectivity index (χ2n) is 10.3. The molecule has 5 aromatic rings. The highest BCUT2D eigenvalue weighted by molar-refractivity contribution is 7.11. The second-order valence-corrected chi connectivity index (χ2v) is 11.2. The zero-order valence-electron chi connectivity index (χ0n) is 22.3. The Morgan fingerprint density at radius 1 is 1.08 bits per heavy atom. The van der Waals surface area contributed by atoms with E-state index in [4.69, 9.17) is 5.10 Å². The van der Waals surface area contributed by atoms with Crippen LogP contribution in [0.5, 0.6) is 0 Å². The first-order valence-corrected chi connectivity index (χ1v) is 14.4. The standard InChI is InChI=1S/C33H33N5S/c1-4-9-27(32-12-8-15-39-32)28-18-31(36-22(28)3)33-29-17-24(13-14-30(29)37-38-33)25-16-26(20-34-19-25)35-21(2)23-10-6-5-7-11-23/h4,8-9,12-20,23,35-36H,1-2,5-7,10-11H2,3H3,(H,37,38)/b27-9+. The molecule has 0 aliphatic heterocycles. The molecule has 1 aromatic carbocycles. The first kappa shape index (κ1) is 25.1. The van der Waals surface area contributed by atoms with Crippen LogP contribution in [0.2, 0.25) is 0 Å². The third-order valence-corrected chi connectivity index (χ3v) is 8.57. The van der Waals surface area contributed by atoms with Crippen molar-refractivity contribution in [2.24, 2.45) is 5.92 Å². The lowest BCUT2D eigenvalue weighted by atomic mass is 9.87. The third-order valence-electron chi connectivity index (χ3n) is 7.67. The molecule has 6 rings (SSSR count). The van der Waals surface area contributed by atoms with Gasteiger partial charge in [0.2, 0.25) is 0 Å². The van der Waals surface area contributed by atoms with Gasteiger partial charge in [0, 0.05) is 44.6 Å². The molecule has 0 spiro atoms. The number of nitrogens with zero attached hydrogens (tertiary/aromatic N) is 2. The molecular formula is C33H33N5S. The van der Waals surface area contributed by atoms with Crippen LogP contribution in [-0.4, -0.2) is 20.2 Å². The van der Waals surface area contributed by atoms with Gasteiger partial charge in [0.15, 0.2) is 0 Å². The van der Waals surface area contributed by atoms with Crippen LogP contribution in [0, 0.1) is 12.8 Å². The molecule has 6 heteroatoms. The number of hydrogen-bond acceptors (Lipinski definition) is 4. The predicted molar refractivity (Wildman–Crippen MR) is 165 cm³/mol. The number of hydrogen-bond donors (Lipinski definition) is 3. The fraction of sp³-hybridized carbons (Fsp3) is 0.212. The number of anilines is 1. The number of pyridine rings is 1. The third kappa shape index (κ3) is 5.12. The average Bonchev–Trinajstić information content (AvgIpc) is 3.72. The maximum Gasteiger partial charge on any atom is 0.116 e. The van der Waals surface area contributed by atoms with Gasteiger partial charge in [-0.05, 0) is 67.0 Å². The van der Waals surface area contributed by atoms with Crippen molar-refractivity contribution in [3.8, 4) is 22.5 Å².